The fraction of sp³-hybridized carbons (Fsp3) is 0.250. The highest BCUT2D eigenvalue weighted by Crippen LogP contribution is 2.25. The number of benzene rings is 1. The number of H-pyrrole nitrogens is 1. The van der Waals surface area contributed by atoms with Crippen LogP contribution in [0.2, 0.25) is 5.02 Å². The van der Waals surface area contributed by atoms with Gasteiger partial charge in [-0.15, -0.1) is 0 Å². The number of carbonyl (C=O) groups excluding carboxylic acids is 1. The molecule has 5 heteroatoms. The molecule has 0 unspecified atom stereocenters. The molecular formula is C12H13ClN2O2. The highest BCUT2D eigenvalue weighted by molar-refractivity contribution is 6.35. The molecule has 1 heterocycles. The number of esters is 1. The summed E-state index contributed by atoms with van der Waals surface area (Å²) in [6.45, 7) is 0. The fourth-order valence-electron chi connectivity index (χ4n) is 1.82. The number of aromatic nitrogens is 1. The van der Waals surface area contributed by atoms with Crippen molar-refractivity contribution in [2.24, 2.45) is 5.73 Å². The second-order valence-corrected chi connectivity index (χ2v) is 4.22. The minimum atomic E-state index is -0.655. The summed E-state index contributed by atoms with van der Waals surface area (Å²) in [5, 5.41) is 1.64. The molecule has 2 rings (SSSR count). The Balaban J connectivity index is 2.31. The third-order valence-corrected chi connectivity index (χ3v) is 3.01. The first-order valence-corrected chi connectivity index (χ1v) is 5.59. The summed E-state index contributed by atoms with van der Waals surface area (Å²) in [5.41, 5.74) is 7.55. The van der Waals surface area contributed by atoms with E-state index in [0.717, 1.165) is 16.5 Å². The van der Waals surface area contributed by atoms with Crippen LogP contribution in [0.1, 0.15) is 5.56 Å². The predicted molar refractivity (Wildman–Crippen MR) is 67.0 cm³/mol. The molecule has 0 saturated carbocycles. The second-order valence-electron chi connectivity index (χ2n) is 3.81. The van der Waals surface area contributed by atoms with E-state index in [1.165, 1.54) is 7.11 Å². The lowest BCUT2D eigenvalue weighted by Gasteiger charge is -2.07. The largest absolute Gasteiger partial charge is 0.468 e. The number of nitrogens with two attached hydrogens (primary N) is 1. The van der Waals surface area contributed by atoms with E-state index in [1.807, 2.05) is 24.4 Å². The number of carbonyl (C=O) groups is 1. The molecule has 4 nitrogen and oxygen atoms in total. The minimum Gasteiger partial charge on any atom is -0.468 e. The number of hydrogen-bond acceptors (Lipinski definition) is 3. The van der Waals surface area contributed by atoms with Gasteiger partial charge in [0.05, 0.1) is 17.6 Å². The van der Waals surface area contributed by atoms with Crippen LogP contribution in [0.15, 0.2) is 24.4 Å². The lowest BCUT2D eigenvalue weighted by molar-refractivity contribution is -0.142. The van der Waals surface area contributed by atoms with Gasteiger partial charge in [0, 0.05) is 18.0 Å². The van der Waals surface area contributed by atoms with Crippen molar-refractivity contribution in [3.63, 3.8) is 0 Å². The van der Waals surface area contributed by atoms with E-state index in [2.05, 4.69) is 9.72 Å². The van der Waals surface area contributed by atoms with Crippen molar-refractivity contribution in [1.29, 1.82) is 0 Å². The molecule has 1 atom stereocenters. The molecule has 0 bridgehead atoms. The third kappa shape index (κ3) is 2.28. The van der Waals surface area contributed by atoms with E-state index < -0.39 is 12.0 Å². The Kier molecular flexibility index (Phi) is 3.36. The normalized spacial score (nSPS) is 12.6. The number of fused-ring (bicyclic) bond motifs is 1. The number of methoxy groups -OCH3 is 1. The fourth-order valence-corrected chi connectivity index (χ4v) is 2.05. The van der Waals surface area contributed by atoms with Crippen molar-refractivity contribution in [2.75, 3.05) is 7.11 Å². The monoisotopic (exact) mass is 252 g/mol. The first-order chi connectivity index (χ1) is 8.13. The Morgan fingerprint density at radius 1 is 1.59 bits per heavy atom. The molecule has 0 aliphatic carbocycles. The Morgan fingerprint density at radius 3 is 3.06 bits per heavy atom. The average Bonchev–Trinajstić information content (AvgIpc) is 2.73. The number of ether oxygens (including phenoxy) is 1. The van der Waals surface area contributed by atoms with Gasteiger partial charge in [-0.1, -0.05) is 23.7 Å². The van der Waals surface area contributed by atoms with Gasteiger partial charge in [0.25, 0.3) is 0 Å². The molecule has 0 aliphatic heterocycles. The molecule has 2 aromatic rings. The summed E-state index contributed by atoms with van der Waals surface area (Å²) in [5.74, 6) is -0.415. The number of nitrogens with one attached hydrogen (secondary N) is 1. The van der Waals surface area contributed by atoms with Crippen LogP contribution in [-0.4, -0.2) is 24.1 Å². The zero-order valence-electron chi connectivity index (χ0n) is 9.37. The van der Waals surface area contributed by atoms with Crippen LogP contribution >= 0.6 is 11.6 Å². The summed E-state index contributed by atoms with van der Waals surface area (Å²) in [7, 11) is 1.33. The molecule has 1 aromatic carbocycles. The van der Waals surface area contributed by atoms with Crippen molar-refractivity contribution < 1.29 is 9.53 Å². The number of aromatic amines is 1. The van der Waals surface area contributed by atoms with Gasteiger partial charge in [-0.3, -0.25) is 4.79 Å². The first kappa shape index (κ1) is 12.0. The Morgan fingerprint density at radius 2 is 2.35 bits per heavy atom. The average molecular weight is 253 g/mol. The first-order valence-electron chi connectivity index (χ1n) is 5.21. The quantitative estimate of drug-likeness (QED) is 0.820. The van der Waals surface area contributed by atoms with E-state index >= 15 is 0 Å². The Labute approximate surface area is 104 Å². The summed E-state index contributed by atoms with van der Waals surface area (Å²) in [6.07, 6.45) is 2.24. The van der Waals surface area contributed by atoms with Gasteiger partial charge in [-0.25, -0.2) is 0 Å². The van der Waals surface area contributed by atoms with Crippen molar-refractivity contribution in [3.05, 3.63) is 35.0 Å². The van der Waals surface area contributed by atoms with Crippen molar-refractivity contribution >= 4 is 28.5 Å². The van der Waals surface area contributed by atoms with Crippen LogP contribution in [0.5, 0.6) is 0 Å². The van der Waals surface area contributed by atoms with Gasteiger partial charge in [0.1, 0.15) is 6.04 Å². The van der Waals surface area contributed by atoms with Crippen LogP contribution in [0, 0.1) is 0 Å². The predicted octanol–water partition coefficient (Wildman–Crippen LogP) is 1.86. The van der Waals surface area contributed by atoms with Gasteiger partial charge in [0.15, 0.2) is 0 Å². The van der Waals surface area contributed by atoms with E-state index in [9.17, 15) is 4.79 Å². The third-order valence-electron chi connectivity index (χ3n) is 2.69. The molecular weight excluding hydrogens is 240 g/mol. The highest BCUT2D eigenvalue weighted by Gasteiger charge is 2.16. The van der Waals surface area contributed by atoms with Crippen molar-refractivity contribution in [3.8, 4) is 0 Å². The maximum absolute atomic E-state index is 11.3. The van der Waals surface area contributed by atoms with Gasteiger partial charge >= 0.3 is 5.97 Å². The highest BCUT2D eigenvalue weighted by atomic mass is 35.5. The zero-order valence-corrected chi connectivity index (χ0v) is 10.1. The van der Waals surface area contributed by atoms with E-state index in [-0.39, 0.29) is 0 Å². The van der Waals surface area contributed by atoms with E-state index in [0.29, 0.717) is 11.4 Å². The molecule has 0 fully saturated rings. The van der Waals surface area contributed by atoms with Crippen molar-refractivity contribution in [2.45, 2.75) is 12.5 Å². The van der Waals surface area contributed by atoms with Crippen LogP contribution in [-0.2, 0) is 16.0 Å². The number of para-hydroxylation sites is 1. The van der Waals surface area contributed by atoms with E-state index in [1.54, 1.807) is 0 Å². The zero-order chi connectivity index (χ0) is 12.4. The molecule has 90 valence electrons. The molecule has 1 aromatic heterocycles. The van der Waals surface area contributed by atoms with Gasteiger partial charge in [-0.2, -0.15) is 0 Å². The molecule has 3 N–H and O–H groups in total. The molecule has 0 radical (unpaired) electrons. The SMILES string of the molecule is COC(=O)[C@@H](N)Cc1c[nH]c2c(Cl)cccc12. The Hall–Kier alpha value is -1.52. The molecule has 0 saturated heterocycles. The molecule has 0 aliphatic rings. The maximum atomic E-state index is 11.3. The number of hydrogen-bond donors (Lipinski definition) is 2. The maximum Gasteiger partial charge on any atom is 0.322 e. The van der Waals surface area contributed by atoms with Crippen molar-refractivity contribution in [1.82, 2.24) is 4.98 Å². The molecule has 0 amide bonds. The Bertz CT molecular complexity index is 550. The van der Waals surface area contributed by atoms with Gasteiger partial charge < -0.3 is 15.5 Å². The van der Waals surface area contributed by atoms with Crippen LogP contribution in [0.25, 0.3) is 10.9 Å². The molecule has 17 heavy (non-hydrogen) atoms. The summed E-state index contributed by atoms with van der Waals surface area (Å²) in [4.78, 5) is 14.3. The summed E-state index contributed by atoms with van der Waals surface area (Å²) >= 11 is 6.04. The van der Waals surface area contributed by atoms with Gasteiger partial charge in [-0.05, 0) is 11.6 Å². The number of rotatable bonds is 3. The van der Waals surface area contributed by atoms with Crippen LogP contribution in [0.4, 0.5) is 0 Å². The summed E-state index contributed by atoms with van der Waals surface area (Å²) in [6, 6.07) is 4.96. The van der Waals surface area contributed by atoms with Gasteiger partial charge in [0.2, 0.25) is 0 Å². The molecule has 0 spiro atoms. The van der Waals surface area contributed by atoms with Crippen LogP contribution < -0.4 is 5.73 Å². The lowest BCUT2D eigenvalue weighted by atomic mass is 10.1. The smallest absolute Gasteiger partial charge is 0.322 e. The minimum absolute atomic E-state index is 0.415. The lowest BCUT2D eigenvalue weighted by Crippen LogP contribution is -2.33. The summed E-state index contributed by atoms with van der Waals surface area (Å²) < 4.78 is 4.60. The van der Waals surface area contributed by atoms with Crippen LogP contribution in [0.3, 0.4) is 0 Å². The standard InChI is InChI=1S/C12H13ClN2O2/c1-17-12(16)10(14)5-7-6-15-11-8(7)3-2-4-9(11)13/h2-4,6,10,15H,5,14H2,1H3/t10-/m0/s1. The topological polar surface area (TPSA) is 68.1 Å². The second kappa shape index (κ2) is 4.77. The van der Waals surface area contributed by atoms with E-state index in [4.69, 9.17) is 17.3 Å². The number of halogens is 1.